The molecule has 0 aromatic rings. The van der Waals surface area contributed by atoms with Gasteiger partial charge in [-0.2, -0.15) is 0 Å². The maximum absolute atomic E-state index is 11.5. The van der Waals surface area contributed by atoms with Gasteiger partial charge in [0, 0.05) is 0 Å². The summed E-state index contributed by atoms with van der Waals surface area (Å²) in [6.07, 6.45) is -0.174. The van der Waals surface area contributed by atoms with Gasteiger partial charge in [0.25, 0.3) is 0 Å². The fourth-order valence-corrected chi connectivity index (χ4v) is 1.02. The molecule has 0 aliphatic heterocycles. The molecule has 1 atom stereocenters. The number of nitrogens with two attached hydrogens (primary N) is 1. The summed E-state index contributed by atoms with van der Waals surface area (Å²) in [4.78, 5) is 22.9. The summed E-state index contributed by atoms with van der Waals surface area (Å²) in [5.74, 6) is -1.10. The summed E-state index contributed by atoms with van der Waals surface area (Å²) in [6.45, 7) is 10.5. The van der Waals surface area contributed by atoms with Crippen molar-refractivity contribution in [3.8, 4) is 0 Å². The topological polar surface area (TPSA) is 78.6 Å². The van der Waals surface area contributed by atoms with Crippen molar-refractivity contribution in [3.63, 3.8) is 0 Å². The Balaban J connectivity index is 4.22. The second kappa shape index (κ2) is 5.49. The van der Waals surface area contributed by atoms with Crippen LogP contribution >= 0.6 is 0 Å². The number of rotatable bonds is 3. The zero-order valence-corrected chi connectivity index (χ0v) is 11.5. The Hall–Kier alpha value is -1.10. The third-order valence-corrected chi connectivity index (χ3v) is 1.52. The van der Waals surface area contributed by atoms with Crippen LogP contribution in [0.3, 0.4) is 0 Å². The Bertz CT molecular complexity index is 286. The van der Waals surface area contributed by atoms with E-state index < -0.39 is 29.2 Å². The van der Waals surface area contributed by atoms with E-state index in [-0.39, 0.29) is 6.42 Å². The highest BCUT2D eigenvalue weighted by atomic mass is 16.6. The summed E-state index contributed by atoms with van der Waals surface area (Å²) < 4.78 is 10.1. The monoisotopic (exact) mass is 245 g/mol. The molecule has 5 nitrogen and oxygen atoms in total. The minimum absolute atomic E-state index is 0.174. The van der Waals surface area contributed by atoms with Crippen molar-refractivity contribution in [2.45, 2.75) is 65.2 Å². The SMILES string of the molecule is CC(C)(C)OC(=O)CC(N)C(=O)OC(C)(C)C. The van der Waals surface area contributed by atoms with Gasteiger partial charge in [0.05, 0.1) is 6.42 Å². The van der Waals surface area contributed by atoms with Gasteiger partial charge in [-0.1, -0.05) is 0 Å². The van der Waals surface area contributed by atoms with Crippen LogP contribution in [0.15, 0.2) is 0 Å². The van der Waals surface area contributed by atoms with E-state index in [2.05, 4.69) is 0 Å². The maximum atomic E-state index is 11.5. The number of ether oxygens (including phenoxy) is 2. The van der Waals surface area contributed by atoms with Gasteiger partial charge in [-0.15, -0.1) is 0 Å². The molecular formula is C12H23NO4. The van der Waals surface area contributed by atoms with Crippen LogP contribution in [-0.4, -0.2) is 29.2 Å². The summed E-state index contributed by atoms with van der Waals surface area (Å²) in [7, 11) is 0. The van der Waals surface area contributed by atoms with E-state index in [9.17, 15) is 9.59 Å². The molecule has 0 heterocycles. The zero-order chi connectivity index (χ0) is 13.9. The average molecular weight is 245 g/mol. The Morgan fingerprint density at radius 3 is 1.76 bits per heavy atom. The number of hydrogen-bond donors (Lipinski definition) is 1. The molecule has 0 amide bonds. The summed E-state index contributed by atoms with van der Waals surface area (Å²) >= 11 is 0. The lowest BCUT2D eigenvalue weighted by molar-refractivity contribution is -0.163. The predicted octanol–water partition coefficient (Wildman–Crippen LogP) is 1.39. The normalized spacial score (nSPS) is 14.1. The van der Waals surface area contributed by atoms with Gasteiger partial charge < -0.3 is 15.2 Å². The van der Waals surface area contributed by atoms with Crippen LogP contribution in [-0.2, 0) is 19.1 Å². The molecule has 0 fully saturated rings. The minimum atomic E-state index is -0.982. The molecule has 0 spiro atoms. The second-order valence-electron chi connectivity index (χ2n) is 5.93. The molecule has 0 aliphatic rings. The highest BCUT2D eigenvalue weighted by molar-refractivity contribution is 5.82. The molecule has 0 radical (unpaired) electrons. The summed E-state index contributed by atoms with van der Waals surface area (Å²) in [5.41, 5.74) is 4.38. The van der Waals surface area contributed by atoms with E-state index >= 15 is 0 Å². The first-order valence-electron chi connectivity index (χ1n) is 5.61. The molecule has 0 saturated heterocycles. The third-order valence-electron chi connectivity index (χ3n) is 1.52. The van der Waals surface area contributed by atoms with Crippen molar-refractivity contribution >= 4 is 11.9 Å². The Morgan fingerprint density at radius 1 is 1.00 bits per heavy atom. The highest BCUT2D eigenvalue weighted by Crippen LogP contribution is 2.11. The lowest BCUT2D eigenvalue weighted by Crippen LogP contribution is -2.40. The molecule has 1 unspecified atom stereocenters. The van der Waals surface area contributed by atoms with E-state index in [1.807, 2.05) is 0 Å². The molecule has 0 rings (SSSR count). The van der Waals surface area contributed by atoms with Crippen LogP contribution in [0.25, 0.3) is 0 Å². The van der Waals surface area contributed by atoms with Crippen LogP contribution in [0, 0.1) is 0 Å². The fourth-order valence-electron chi connectivity index (χ4n) is 1.02. The second-order valence-corrected chi connectivity index (χ2v) is 5.93. The zero-order valence-electron chi connectivity index (χ0n) is 11.5. The van der Waals surface area contributed by atoms with Crippen LogP contribution < -0.4 is 5.73 Å². The quantitative estimate of drug-likeness (QED) is 0.760. The Morgan fingerprint density at radius 2 is 1.41 bits per heavy atom. The molecular weight excluding hydrogens is 222 g/mol. The van der Waals surface area contributed by atoms with Crippen molar-refractivity contribution in [2.24, 2.45) is 5.73 Å². The highest BCUT2D eigenvalue weighted by Gasteiger charge is 2.26. The van der Waals surface area contributed by atoms with Crippen LogP contribution in [0.4, 0.5) is 0 Å². The lowest BCUT2D eigenvalue weighted by atomic mass is 10.1. The molecule has 2 N–H and O–H groups in total. The van der Waals surface area contributed by atoms with Crippen molar-refractivity contribution < 1.29 is 19.1 Å². The van der Waals surface area contributed by atoms with Crippen LogP contribution in [0.5, 0.6) is 0 Å². The first-order chi connectivity index (χ1) is 7.41. The molecule has 0 saturated carbocycles. The van der Waals surface area contributed by atoms with E-state index in [1.165, 1.54) is 0 Å². The Kier molecular flexibility index (Phi) is 5.13. The summed E-state index contributed by atoms with van der Waals surface area (Å²) in [6, 6.07) is -0.982. The first kappa shape index (κ1) is 15.9. The van der Waals surface area contributed by atoms with E-state index in [0.717, 1.165) is 0 Å². The van der Waals surface area contributed by atoms with Crippen molar-refractivity contribution in [1.82, 2.24) is 0 Å². The third kappa shape index (κ3) is 8.68. The molecule has 100 valence electrons. The molecule has 0 aromatic heterocycles. The number of esters is 2. The van der Waals surface area contributed by atoms with Crippen LogP contribution in [0.2, 0.25) is 0 Å². The Labute approximate surface area is 103 Å². The predicted molar refractivity (Wildman–Crippen MR) is 64.3 cm³/mol. The molecule has 17 heavy (non-hydrogen) atoms. The van der Waals surface area contributed by atoms with Gasteiger partial charge in [-0.3, -0.25) is 9.59 Å². The smallest absolute Gasteiger partial charge is 0.324 e. The van der Waals surface area contributed by atoms with Gasteiger partial charge in [0.15, 0.2) is 0 Å². The first-order valence-corrected chi connectivity index (χ1v) is 5.61. The van der Waals surface area contributed by atoms with Crippen molar-refractivity contribution in [3.05, 3.63) is 0 Å². The number of carbonyl (C=O) groups is 2. The van der Waals surface area contributed by atoms with Crippen molar-refractivity contribution in [1.29, 1.82) is 0 Å². The van der Waals surface area contributed by atoms with E-state index in [4.69, 9.17) is 15.2 Å². The van der Waals surface area contributed by atoms with Gasteiger partial charge in [0.2, 0.25) is 0 Å². The van der Waals surface area contributed by atoms with Crippen molar-refractivity contribution in [2.75, 3.05) is 0 Å². The molecule has 0 aromatic carbocycles. The molecule has 5 heteroatoms. The molecule has 0 aliphatic carbocycles. The molecule has 0 bridgehead atoms. The van der Waals surface area contributed by atoms with E-state index in [1.54, 1.807) is 41.5 Å². The lowest BCUT2D eigenvalue weighted by Gasteiger charge is -2.23. The largest absolute Gasteiger partial charge is 0.460 e. The van der Waals surface area contributed by atoms with E-state index in [0.29, 0.717) is 0 Å². The van der Waals surface area contributed by atoms with Gasteiger partial charge in [-0.25, -0.2) is 0 Å². The average Bonchev–Trinajstić information content (AvgIpc) is 1.95. The standard InChI is InChI=1S/C12H23NO4/c1-11(2,3)16-9(14)7-8(13)10(15)17-12(4,5)6/h8H,7,13H2,1-6H3. The number of carbonyl (C=O) groups excluding carboxylic acids is 2. The van der Waals surface area contributed by atoms with Gasteiger partial charge in [-0.05, 0) is 41.5 Å². The summed E-state index contributed by atoms with van der Waals surface area (Å²) in [5, 5.41) is 0. The number of hydrogen-bond acceptors (Lipinski definition) is 5. The van der Waals surface area contributed by atoms with Crippen LogP contribution in [0.1, 0.15) is 48.0 Å². The van der Waals surface area contributed by atoms with Gasteiger partial charge in [0.1, 0.15) is 17.2 Å². The fraction of sp³-hybridized carbons (Fsp3) is 0.833. The minimum Gasteiger partial charge on any atom is -0.460 e. The maximum Gasteiger partial charge on any atom is 0.324 e. The van der Waals surface area contributed by atoms with Gasteiger partial charge >= 0.3 is 11.9 Å².